The Bertz CT molecular complexity index is 860. The normalized spacial score (nSPS) is 11.8. The van der Waals surface area contributed by atoms with Crippen LogP contribution in [-0.4, -0.2) is 32.7 Å². The summed E-state index contributed by atoms with van der Waals surface area (Å²) >= 11 is 3.55. The predicted molar refractivity (Wildman–Crippen MR) is 107 cm³/mol. The van der Waals surface area contributed by atoms with Gasteiger partial charge in [-0.2, -0.15) is 4.98 Å². The Morgan fingerprint density at radius 1 is 1.08 bits per heavy atom. The van der Waals surface area contributed by atoms with E-state index >= 15 is 0 Å². The van der Waals surface area contributed by atoms with Gasteiger partial charge in [0.2, 0.25) is 5.95 Å². The fourth-order valence-corrected chi connectivity index (χ4v) is 2.77. The lowest BCUT2D eigenvalue weighted by molar-refractivity contribution is 0.281. The van der Waals surface area contributed by atoms with Crippen LogP contribution in [0, 0.1) is 0 Å². The average molecular weight is 414 g/mol. The Morgan fingerprint density at radius 2 is 1.88 bits per heavy atom. The molecule has 2 heterocycles. The third-order valence-corrected chi connectivity index (χ3v) is 4.49. The highest BCUT2D eigenvalue weighted by molar-refractivity contribution is 9.10. The number of anilines is 2. The van der Waals surface area contributed by atoms with Crippen molar-refractivity contribution in [2.24, 2.45) is 0 Å². The van der Waals surface area contributed by atoms with E-state index in [1.165, 1.54) is 0 Å². The quantitative estimate of drug-likeness (QED) is 0.547. The van der Waals surface area contributed by atoms with Gasteiger partial charge in [0.25, 0.3) is 0 Å². The lowest BCUT2D eigenvalue weighted by Gasteiger charge is -2.14. The molecule has 0 unspecified atom stereocenters. The summed E-state index contributed by atoms with van der Waals surface area (Å²) in [6.07, 6.45) is 1.73. The molecule has 3 N–H and O–H groups in total. The first-order valence-electron chi connectivity index (χ1n) is 8.31. The monoisotopic (exact) mass is 413 g/mol. The van der Waals surface area contributed by atoms with Crippen LogP contribution in [0.5, 0.6) is 0 Å². The topological polar surface area (TPSA) is 83.0 Å². The molecule has 0 bridgehead atoms. The zero-order valence-corrected chi connectivity index (χ0v) is 15.9. The minimum atomic E-state index is -0.148. The first kappa shape index (κ1) is 18.3. The number of aliphatic hydroxyl groups excluding tert-OH is 1. The summed E-state index contributed by atoms with van der Waals surface area (Å²) in [7, 11) is 0. The Morgan fingerprint density at radius 3 is 2.62 bits per heavy atom. The van der Waals surface area contributed by atoms with Crippen LogP contribution >= 0.6 is 15.9 Å². The molecule has 134 valence electrons. The van der Waals surface area contributed by atoms with Crippen LogP contribution in [0.15, 0.2) is 59.2 Å². The Kier molecular flexibility index (Phi) is 6.14. The number of aromatic nitrogens is 3. The molecule has 0 spiro atoms. The van der Waals surface area contributed by atoms with E-state index in [0.29, 0.717) is 24.0 Å². The predicted octanol–water partition coefficient (Wildman–Crippen LogP) is 3.71. The molecule has 1 aromatic carbocycles. The van der Waals surface area contributed by atoms with Crippen molar-refractivity contribution >= 4 is 27.7 Å². The van der Waals surface area contributed by atoms with Gasteiger partial charge in [0.15, 0.2) is 0 Å². The van der Waals surface area contributed by atoms with Crippen molar-refractivity contribution < 1.29 is 5.11 Å². The van der Waals surface area contributed by atoms with Crippen molar-refractivity contribution in [1.82, 2.24) is 15.0 Å². The molecule has 6 nitrogen and oxygen atoms in total. The van der Waals surface area contributed by atoms with Gasteiger partial charge in [-0.15, -0.1) is 0 Å². The number of rotatable bonds is 7. The average Bonchev–Trinajstić information content (AvgIpc) is 2.68. The lowest BCUT2D eigenvalue weighted by Crippen LogP contribution is -2.21. The van der Waals surface area contributed by atoms with Gasteiger partial charge in [-0.25, -0.2) is 4.98 Å². The maximum absolute atomic E-state index is 9.28. The van der Waals surface area contributed by atoms with E-state index in [2.05, 4.69) is 41.5 Å². The molecule has 2 aromatic heterocycles. The van der Waals surface area contributed by atoms with Crippen LogP contribution < -0.4 is 10.6 Å². The summed E-state index contributed by atoms with van der Waals surface area (Å²) < 4.78 is 1.04. The Labute approximate surface area is 160 Å². The standard InChI is InChI=1S/C19H20BrN5O/c1-13(12-26)23-19-24-17(16-8-4-5-9-21-16)10-18(25-19)22-11-14-6-2-3-7-15(14)20/h2-10,13,26H,11-12H2,1H3,(H2,22,23,24,25)/t13-/m0/s1. The molecule has 0 aliphatic rings. The summed E-state index contributed by atoms with van der Waals surface area (Å²) in [6, 6.07) is 15.4. The van der Waals surface area contributed by atoms with E-state index in [1.54, 1.807) is 6.20 Å². The van der Waals surface area contributed by atoms with Crippen molar-refractivity contribution in [3.63, 3.8) is 0 Å². The van der Waals surface area contributed by atoms with Crippen molar-refractivity contribution in [3.8, 4) is 11.4 Å². The minimum Gasteiger partial charge on any atom is -0.394 e. The summed E-state index contributed by atoms with van der Waals surface area (Å²) in [5, 5.41) is 15.7. The summed E-state index contributed by atoms with van der Waals surface area (Å²) in [5.74, 6) is 1.13. The molecule has 0 fully saturated rings. The van der Waals surface area contributed by atoms with E-state index in [1.807, 2.05) is 55.5 Å². The summed E-state index contributed by atoms with van der Waals surface area (Å²) in [5.41, 5.74) is 2.60. The third-order valence-electron chi connectivity index (χ3n) is 3.72. The van der Waals surface area contributed by atoms with Crippen molar-refractivity contribution in [3.05, 3.63) is 64.8 Å². The number of halogens is 1. The van der Waals surface area contributed by atoms with E-state index in [0.717, 1.165) is 15.7 Å². The van der Waals surface area contributed by atoms with E-state index in [4.69, 9.17) is 0 Å². The second kappa shape index (κ2) is 8.73. The molecule has 0 radical (unpaired) electrons. The number of nitrogens with one attached hydrogen (secondary N) is 2. The third kappa shape index (κ3) is 4.77. The van der Waals surface area contributed by atoms with Gasteiger partial charge in [-0.1, -0.05) is 40.2 Å². The molecule has 1 atom stereocenters. The van der Waals surface area contributed by atoms with Gasteiger partial charge in [-0.05, 0) is 30.7 Å². The zero-order chi connectivity index (χ0) is 18.4. The highest BCUT2D eigenvalue weighted by Gasteiger charge is 2.10. The molecule has 3 rings (SSSR count). The molecule has 7 heteroatoms. The fraction of sp³-hybridized carbons (Fsp3) is 0.211. The van der Waals surface area contributed by atoms with Crippen molar-refractivity contribution in [1.29, 1.82) is 0 Å². The lowest BCUT2D eigenvalue weighted by atomic mass is 10.2. The highest BCUT2D eigenvalue weighted by atomic mass is 79.9. The fourth-order valence-electron chi connectivity index (χ4n) is 2.34. The SMILES string of the molecule is C[C@@H](CO)Nc1nc(NCc2ccccc2Br)cc(-c2ccccn2)n1. The molecule has 0 saturated carbocycles. The summed E-state index contributed by atoms with van der Waals surface area (Å²) in [4.78, 5) is 13.4. The second-order valence-electron chi connectivity index (χ2n) is 5.85. The number of hydrogen-bond donors (Lipinski definition) is 3. The van der Waals surface area contributed by atoms with Gasteiger partial charge < -0.3 is 15.7 Å². The van der Waals surface area contributed by atoms with Crippen LogP contribution in [0.25, 0.3) is 11.4 Å². The molecule has 3 aromatic rings. The van der Waals surface area contributed by atoms with Gasteiger partial charge in [-0.3, -0.25) is 4.98 Å². The largest absolute Gasteiger partial charge is 0.394 e. The van der Waals surface area contributed by atoms with E-state index < -0.39 is 0 Å². The number of nitrogens with zero attached hydrogens (tertiary/aromatic N) is 3. The summed E-state index contributed by atoms with van der Waals surface area (Å²) in [6.45, 7) is 2.48. The smallest absolute Gasteiger partial charge is 0.225 e. The van der Waals surface area contributed by atoms with Crippen molar-refractivity contribution in [2.45, 2.75) is 19.5 Å². The molecular weight excluding hydrogens is 394 g/mol. The maximum atomic E-state index is 9.28. The van der Waals surface area contributed by atoms with Crippen LogP contribution in [0.3, 0.4) is 0 Å². The molecule has 0 aliphatic carbocycles. The number of hydrogen-bond acceptors (Lipinski definition) is 6. The number of pyridine rings is 1. The first-order valence-corrected chi connectivity index (χ1v) is 9.10. The number of benzene rings is 1. The minimum absolute atomic E-state index is 0.00308. The maximum Gasteiger partial charge on any atom is 0.225 e. The molecule has 26 heavy (non-hydrogen) atoms. The molecule has 0 saturated heterocycles. The van der Waals surface area contributed by atoms with Crippen LogP contribution in [0.2, 0.25) is 0 Å². The van der Waals surface area contributed by atoms with Gasteiger partial charge >= 0.3 is 0 Å². The molecular formula is C19H20BrN5O. The van der Waals surface area contributed by atoms with Crippen LogP contribution in [0.4, 0.5) is 11.8 Å². The van der Waals surface area contributed by atoms with Gasteiger partial charge in [0.1, 0.15) is 5.82 Å². The van der Waals surface area contributed by atoms with Crippen molar-refractivity contribution in [2.75, 3.05) is 17.2 Å². The van der Waals surface area contributed by atoms with E-state index in [9.17, 15) is 5.11 Å². The van der Waals surface area contributed by atoms with Gasteiger partial charge in [0.05, 0.1) is 18.0 Å². The number of aliphatic hydroxyl groups is 1. The Hall–Kier alpha value is -2.51. The second-order valence-corrected chi connectivity index (χ2v) is 6.70. The van der Waals surface area contributed by atoms with Crippen LogP contribution in [0.1, 0.15) is 12.5 Å². The molecule has 0 aliphatic heterocycles. The highest BCUT2D eigenvalue weighted by Crippen LogP contribution is 2.22. The van der Waals surface area contributed by atoms with E-state index in [-0.39, 0.29) is 12.6 Å². The van der Waals surface area contributed by atoms with Gasteiger partial charge in [0, 0.05) is 29.3 Å². The molecule has 0 amide bonds. The Balaban J connectivity index is 1.88. The zero-order valence-electron chi connectivity index (χ0n) is 14.4. The first-order chi connectivity index (χ1) is 12.7. The van der Waals surface area contributed by atoms with Crippen LogP contribution in [-0.2, 0) is 6.54 Å².